The molecule has 0 saturated heterocycles. The molecule has 73 heavy (non-hydrogen) atoms. The summed E-state index contributed by atoms with van der Waals surface area (Å²) in [4.78, 5) is 24.5. The van der Waals surface area contributed by atoms with Crippen LogP contribution in [0, 0.1) is 0 Å². The highest BCUT2D eigenvalue weighted by atomic mass is 16.5. The molecule has 0 heterocycles. The standard InChI is InChI=1S/C67H131NO5/c1-3-5-7-9-11-13-15-41-45-49-53-57-61-67(72)73-62-58-54-50-46-42-38-36-34-32-30-28-26-24-22-20-18-16-17-19-21-23-25-27-29-31-33-35-37-40-44-48-52-56-60-66(71)68-64(63-69)65(70)59-55-51-47-43-39-14-12-10-8-6-4-2/h55,59,64-65,69-70H,3-54,56-58,60-63H2,1-2H3,(H,68,71)/b59-55+. The van der Waals surface area contributed by atoms with Gasteiger partial charge in [-0.2, -0.15) is 0 Å². The average Bonchev–Trinajstić information content (AvgIpc) is 3.39. The van der Waals surface area contributed by atoms with Gasteiger partial charge in [-0.05, 0) is 32.1 Å². The van der Waals surface area contributed by atoms with Gasteiger partial charge in [0.15, 0.2) is 0 Å². The molecule has 0 saturated carbocycles. The molecule has 0 fully saturated rings. The van der Waals surface area contributed by atoms with Crippen molar-refractivity contribution >= 4 is 11.9 Å². The lowest BCUT2D eigenvalue weighted by Gasteiger charge is -2.20. The molecule has 0 spiro atoms. The Balaban J connectivity index is 3.30. The number of carbonyl (C=O) groups excluding carboxylic acids is 2. The minimum absolute atomic E-state index is 0.0227. The van der Waals surface area contributed by atoms with Gasteiger partial charge in [0, 0.05) is 12.8 Å². The van der Waals surface area contributed by atoms with Crippen molar-refractivity contribution in [1.29, 1.82) is 0 Å². The molecule has 0 aliphatic carbocycles. The Labute approximate surface area is 457 Å². The van der Waals surface area contributed by atoms with Gasteiger partial charge in [0.05, 0.1) is 25.4 Å². The van der Waals surface area contributed by atoms with E-state index in [2.05, 4.69) is 19.2 Å². The van der Waals surface area contributed by atoms with Crippen molar-refractivity contribution in [3.63, 3.8) is 0 Å². The Kier molecular flexibility index (Phi) is 61.9. The molecule has 1 amide bonds. The van der Waals surface area contributed by atoms with Crippen molar-refractivity contribution in [3.8, 4) is 0 Å². The maximum absolute atomic E-state index is 12.4. The molecule has 6 nitrogen and oxygen atoms in total. The molecular weight excluding hydrogens is 899 g/mol. The van der Waals surface area contributed by atoms with Gasteiger partial charge in [-0.25, -0.2) is 0 Å². The van der Waals surface area contributed by atoms with Gasteiger partial charge in [-0.1, -0.05) is 347 Å². The smallest absolute Gasteiger partial charge is 0.305 e. The largest absolute Gasteiger partial charge is 0.466 e. The molecule has 0 radical (unpaired) electrons. The Morgan fingerprint density at radius 1 is 0.370 bits per heavy atom. The first-order valence-electron chi connectivity index (χ1n) is 33.5. The van der Waals surface area contributed by atoms with Crippen molar-refractivity contribution in [2.45, 2.75) is 392 Å². The van der Waals surface area contributed by atoms with E-state index in [1.807, 2.05) is 6.08 Å². The first-order chi connectivity index (χ1) is 36.0. The maximum Gasteiger partial charge on any atom is 0.305 e. The molecule has 434 valence electrons. The first kappa shape index (κ1) is 71.6. The second-order valence-corrected chi connectivity index (χ2v) is 23.2. The molecule has 0 aliphatic rings. The fraction of sp³-hybridized carbons (Fsp3) is 0.940. The number of ether oxygens (including phenoxy) is 1. The topological polar surface area (TPSA) is 95.9 Å². The monoisotopic (exact) mass is 1030 g/mol. The molecule has 6 heteroatoms. The van der Waals surface area contributed by atoms with E-state index in [-0.39, 0.29) is 18.5 Å². The van der Waals surface area contributed by atoms with Crippen molar-refractivity contribution in [2.24, 2.45) is 0 Å². The lowest BCUT2D eigenvalue weighted by Crippen LogP contribution is -2.45. The van der Waals surface area contributed by atoms with Crippen LogP contribution in [0.4, 0.5) is 0 Å². The van der Waals surface area contributed by atoms with Gasteiger partial charge in [-0.3, -0.25) is 9.59 Å². The van der Waals surface area contributed by atoms with Gasteiger partial charge < -0.3 is 20.3 Å². The number of carbonyl (C=O) groups is 2. The van der Waals surface area contributed by atoms with E-state index in [9.17, 15) is 19.8 Å². The summed E-state index contributed by atoms with van der Waals surface area (Å²) in [6.45, 7) is 4.92. The summed E-state index contributed by atoms with van der Waals surface area (Å²) in [7, 11) is 0. The van der Waals surface area contributed by atoms with Gasteiger partial charge in [0.2, 0.25) is 5.91 Å². The number of hydrogen-bond donors (Lipinski definition) is 3. The molecule has 2 atom stereocenters. The zero-order valence-electron chi connectivity index (χ0n) is 49.6. The summed E-state index contributed by atoms with van der Waals surface area (Å²) in [5, 5.41) is 23.0. The summed E-state index contributed by atoms with van der Waals surface area (Å²) >= 11 is 0. The Morgan fingerprint density at radius 2 is 0.630 bits per heavy atom. The summed E-state index contributed by atoms with van der Waals surface area (Å²) < 4.78 is 5.48. The summed E-state index contributed by atoms with van der Waals surface area (Å²) in [6, 6.07) is -0.622. The van der Waals surface area contributed by atoms with Crippen molar-refractivity contribution in [1.82, 2.24) is 5.32 Å². The van der Waals surface area contributed by atoms with Crippen LogP contribution < -0.4 is 5.32 Å². The van der Waals surface area contributed by atoms with Gasteiger partial charge in [-0.15, -0.1) is 0 Å². The lowest BCUT2D eigenvalue weighted by atomic mass is 10.0. The fourth-order valence-corrected chi connectivity index (χ4v) is 10.7. The Bertz CT molecular complexity index is 1100. The second kappa shape index (κ2) is 63.1. The van der Waals surface area contributed by atoms with Crippen LogP contribution >= 0.6 is 0 Å². The van der Waals surface area contributed by atoms with E-state index in [1.165, 1.54) is 315 Å². The fourth-order valence-electron chi connectivity index (χ4n) is 10.7. The van der Waals surface area contributed by atoms with E-state index in [0.717, 1.165) is 38.5 Å². The van der Waals surface area contributed by atoms with Crippen LogP contribution in [0.2, 0.25) is 0 Å². The molecule has 0 bridgehead atoms. The summed E-state index contributed by atoms with van der Waals surface area (Å²) in [6.07, 6.45) is 77.3. The predicted molar refractivity (Wildman–Crippen MR) is 320 cm³/mol. The number of aliphatic hydroxyl groups excluding tert-OH is 2. The molecular formula is C67H131NO5. The molecule has 0 aromatic heterocycles. The normalized spacial score (nSPS) is 12.5. The first-order valence-corrected chi connectivity index (χ1v) is 33.5. The molecule has 0 aliphatic heterocycles. The minimum Gasteiger partial charge on any atom is -0.466 e. The number of aliphatic hydroxyl groups is 2. The third-order valence-electron chi connectivity index (χ3n) is 15.8. The average molecular weight is 1030 g/mol. The van der Waals surface area contributed by atoms with Crippen molar-refractivity contribution < 1.29 is 24.5 Å². The molecule has 0 aromatic rings. The van der Waals surface area contributed by atoms with E-state index in [0.29, 0.717) is 19.4 Å². The number of hydrogen-bond acceptors (Lipinski definition) is 5. The quantitative estimate of drug-likeness (QED) is 0.0320. The molecule has 0 aromatic carbocycles. The number of amides is 1. The van der Waals surface area contributed by atoms with Crippen LogP contribution in [0.5, 0.6) is 0 Å². The number of nitrogens with one attached hydrogen (secondary N) is 1. The molecule has 0 rings (SSSR count). The predicted octanol–water partition coefficient (Wildman–Crippen LogP) is 21.2. The zero-order chi connectivity index (χ0) is 52.9. The molecule has 2 unspecified atom stereocenters. The third-order valence-corrected chi connectivity index (χ3v) is 15.8. The van der Waals surface area contributed by atoms with Crippen molar-refractivity contribution in [2.75, 3.05) is 13.2 Å². The highest BCUT2D eigenvalue weighted by Gasteiger charge is 2.18. The SMILES string of the molecule is CCCCCCCCCCC/C=C/C(O)C(CO)NC(=O)CCCCCCCCCCCCCCCCCCCCCCCCCCCCCCCCCCCOC(=O)CCCCCCCCCCCCCC. The highest BCUT2D eigenvalue weighted by Crippen LogP contribution is 2.19. The summed E-state index contributed by atoms with van der Waals surface area (Å²) in [5.74, 6) is -0.0399. The molecule has 3 N–H and O–H groups in total. The van der Waals surface area contributed by atoms with Crippen LogP contribution in [0.3, 0.4) is 0 Å². The van der Waals surface area contributed by atoms with Gasteiger partial charge in [0.25, 0.3) is 0 Å². The Hall–Kier alpha value is -1.40. The number of unbranched alkanes of at least 4 members (excludes halogenated alkanes) is 52. The van der Waals surface area contributed by atoms with Crippen molar-refractivity contribution in [3.05, 3.63) is 12.2 Å². The number of rotatable bonds is 63. The van der Waals surface area contributed by atoms with Crippen LogP contribution in [-0.4, -0.2) is 47.4 Å². The van der Waals surface area contributed by atoms with Crippen LogP contribution in [-0.2, 0) is 14.3 Å². The minimum atomic E-state index is -0.838. The van der Waals surface area contributed by atoms with Gasteiger partial charge in [0.1, 0.15) is 0 Å². The van der Waals surface area contributed by atoms with E-state index < -0.39 is 12.1 Å². The second-order valence-electron chi connectivity index (χ2n) is 23.2. The summed E-state index contributed by atoms with van der Waals surface area (Å²) in [5.41, 5.74) is 0. The Morgan fingerprint density at radius 3 is 0.932 bits per heavy atom. The van der Waals surface area contributed by atoms with Crippen LogP contribution in [0.25, 0.3) is 0 Å². The van der Waals surface area contributed by atoms with Gasteiger partial charge >= 0.3 is 5.97 Å². The van der Waals surface area contributed by atoms with E-state index in [1.54, 1.807) is 6.08 Å². The van der Waals surface area contributed by atoms with E-state index in [4.69, 9.17) is 4.74 Å². The lowest BCUT2D eigenvalue weighted by molar-refractivity contribution is -0.143. The maximum atomic E-state index is 12.4. The zero-order valence-corrected chi connectivity index (χ0v) is 49.6. The van der Waals surface area contributed by atoms with Crippen LogP contribution in [0.15, 0.2) is 12.2 Å². The third kappa shape index (κ3) is 59.7. The van der Waals surface area contributed by atoms with E-state index >= 15 is 0 Å². The highest BCUT2D eigenvalue weighted by molar-refractivity contribution is 5.76. The van der Waals surface area contributed by atoms with Crippen LogP contribution in [0.1, 0.15) is 380 Å². The number of allylic oxidation sites excluding steroid dienone is 1. The number of esters is 1.